The Kier molecular flexibility index (Phi) is 6.02. The van der Waals surface area contributed by atoms with Crippen LogP contribution < -0.4 is 9.46 Å². The van der Waals surface area contributed by atoms with Crippen molar-refractivity contribution in [3.05, 3.63) is 59.2 Å². The summed E-state index contributed by atoms with van der Waals surface area (Å²) in [6.07, 6.45) is 1.59. The van der Waals surface area contributed by atoms with Gasteiger partial charge in [0.15, 0.2) is 0 Å². The summed E-state index contributed by atoms with van der Waals surface area (Å²) < 4.78 is 33.5. The third-order valence-corrected chi connectivity index (χ3v) is 5.90. The van der Waals surface area contributed by atoms with Gasteiger partial charge in [0.2, 0.25) is 10.0 Å². The number of benzene rings is 2. The lowest BCUT2D eigenvalue weighted by Crippen LogP contribution is -2.33. The van der Waals surface area contributed by atoms with Crippen molar-refractivity contribution >= 4 is 10.0 Å². The first-order valence-electron chi connectivity index (χ1n) is 8.05. The van der Waals surface area contributed by atoms with Gasteiger partial charge in [0, 0.05) is 6.04 Å². The van der Waals surface area contributed by atoms with E-state index < -0.39 is 10.0 Å². The molecule has 24 heavy (non-hydrogen) atoms. The Morgan fingerprint density at radius 2 is 1.67 bits per heavy atom. The van der Waals surface area contributed by atoms with E-state index in [0.29, 0.717) is 21.8 Å². The van der Waals surface area contributed by atoms with Crippen molar-refractivity contribution in [1.82, 2.24) is 4.72 Å². The highest BCUT2D eigenvalue weighted by atomic mass is 32.2. The summed E-state index contributed by atoms with van der Waals surface area (Å²) >= 11 is 0. The molecule has 2 rings (SSSR count). The zero-order chi connectivity index (χ0) is 17.7. The van der Waals surface area contributed by atoms with Gasteiger partial charge < -0.3 is 4.74 Å². The maximum absolute atomic E-state index is 12.7. The van der Waals surface area contributed by atoms with E-state index in [0.717, 1.165) is 12.8 Å². The predicted octanol–water partition coefficient (Wildman–Crippen LogP) is 3.61. The van der Waals surface area contributed by atoms with Crippen LogP contribution in [-0.2, 0) is 16.4 Å². The van der Waals surface area contributed by atoms with E-state index in [1.807, 2.05) is 25.1 Å². The lowest BCUT2D eigenvalue weighted by Gasteiger charge is -2.17. The van der Waals surface area contributed by atoms with Crippen LogP contribution in [0.2, 0.25) is 0 Å². The van der Waals surface area contributed by atoms with Gasteiger partial charge in [0.1, 0.15) is 5.75 Å². The zero-order valence-electron chi connectivity index (χ0n) is 14.7. The molecule has 0 unspecified atom stereocenters. The minimum Gasteiger partial charge on any atom is -0.497 e. The topological polar surface area (TPSA) is 55.4 Å². The first-order chi connectivity index (χ1) is 11.3. The van der Waals surface area contributed by atoms with E-state index in [2.05, 4.69) is 16.9 Å². The summed E-state index contributed by atoms with van der Waals surface area (Å²) in [4.78, 5) is 0.342. The minimum absolute atomic E-state index is 0.142. The first kappa shape index (κ1) is 18.5. The molecule has 0 heterocycles. The van der Waals surface area contributed by atoms with Crippen LogP contribution >= 0.6 is 0 Å². The van der Waals surface area contributed by atoms with Gasteiger partial charge >= 0.3 is 0 Å². The Morgan fingerprint density at radius 3 is 2.21 bits per heavy atom. The molecule has 0 spiro atoms. The van der Waals surface area contributed by atoms with E-state index in [-0.39, 0.29) is 6.04 Å². The van der Waals surface area contributed by atoms with Crippen LogP contribution in [-0.4, -0.2) is 21.6 Å². The molecule has 2 aromatic rings. The van der Waals surface area contributed by atoms with Crippen molar-refractivity contribution < 1.29 is 13.2 Å². The molecule has 0 fully saturated rings. The molecule has 130 valence electrons. The molecule has 0 amide bonds. The molecule has 5 heteroatoms. The van der Waals surface area contributed by atoms with Crippen LogP contribution in [0.4, 0.5) is 0 Å². The monoisotopic (exact) mass is 347 g/mol. The molecule has 4 nitrogen and oxygen atoms in total. The Labute approximate surface area is 144 Å². The second-order valence-electron chi connectivity index (χ2n) is 6.14. The number of methoxy groups -OCH3 is 1. The van der Waals surface area contributed by atoms with Gasteiger partial charge in [0.05, 0.1) is 12.0 Å². The molecule has 0 saturated heterocycles. The maximum atomic E-state index is 12.7. The molecule has 2 aromatic carbocycles. The molecule has 1 N–H and O–H groups in total. The third kappa shape index (κ3) is 4.58. The van der Waals surface area contributed by atoms with Crippen molar-refractivity contribution in [2.24, 2.45) is 0 Å². The fourth-order valence-corrected chi connectivity index (χ4v) is 4.59. The van der Waals surface area contributed by atoms with Crippen LogP contribution in [0.3, 0.4) is 0 Å². The van der Waals surface area contributed by atoms with Crippen molar-refractivity contribution in [2.45, 2.75) is 44.6 Å². The van der Waals surface area contributed by atoms with Gasteiger partial charge in [-0.2, -0.15) is 0 Å². The zero-order valence-corrected chi connectivity index (χ0v) is 15.5. The lowest BCUT2D eigenvalue weighted by molar-refractivity contribution is 0.413. The van der Waals surface area contributed by atoms with Crippen LogP contribution in [0, 0.1) is 13.8 Å². The van der Waals surface area contributed by atoms with E-state index in [4.69, 9.17) is 4.74 Å². The Balaban J connectivity index is 2.10. The Morgan fingerprint density at radius 1 is 1.08 bits per heavy atom. The number of aryl methyl sites for hydroxylation is 3. The van der Waals surface area contributed by atoms with E-state index in [9.17, 15) is 8.42 Å². The number of nitrogens with one attached hydrogen (secondary N) is 1. The van der Waals surface area contributed by atoms with Gasteiger partial charge in [-0.05, 0) is 62.4 Å². The molecular weight excluding hydrogens is 322 g/mol. The standard InChI is InChI=1S/C19H25NO3S/c1-14-12-18(23-4)13-15(2)19(14)24(21,22)20-16(3)10-11-17-8-6-5-7-9-17/h5-9,12-13,16,20H,10-11H2,1-4H3/t16-/m0/s1. The third-order valence-electron chi connectivity index (χ3n) is 4.00. The highest BCUT2D eigenvalue weighted by molar-refractivity contribution is 7.89. The van der Waals surface area contributed by atoms with Gasteiger partial charge in [0.25, 0.3) is 0 Å². The molecule has 1 atom stereocenters. The lowest BCUT2D eigenvalue weighted by atomic mass is 10.1. The number of rotatable bonds is 7. The first-order valence-corrected chi connectivity index (χ1v) is 9.53. The van der Waals surface area contributed by atoms with Crippen LogP contribution in [0.15, 0.2) is 47.4 Å². The molecule has 0 bridgehead atoms. The molecule has 0 aliphatic heterocycles. The summed E-state index contributed by atoms with van der Waals surface area (Å²) in [5, 5.41) is 0. The number of hydrogen-bond acceptors (Lipinski definition) is 3. The molecular formula is C19H25NO3S. The number of sulfonamides is 1. The van der Waals surface area contributed by atoms with Crippen molar-refractivity contribution in [3.63, 3.8) is 0 Å². The molecule has 0 aromatic heterocycles. The van der Waals surface area contributed by atoms with E-state index >= 15 is 0 Å². The van der Waals surface area contributed by atoms with Crippen molar-refractivity contribution in [3.8, 4) is 5.75 Å². The summed E-state index contributed by atoms with van der Waals surface area (Å²) in [6.45, 7) is 5.48. The van der Waals surface area contributed by atoms with Gasteiger partial charge in [-0.3, -0.25) is 0 Å². The maximum Gasteiger partial charge on any atom is 0.241 e. The summed E-state index contributed by atoms with van der Waals surface area (Å²) in [5.41, 5.74) is 2.59. The average molecular weight is 347 g/mol. The molecule has 0 saturated carbocycles. The van der Waals surface area contributed by atoms with Crippen molar-refractivity contribution in [1.29, 1.82) is 0 Å². The predicted molar refractivity (Wildman–Crippen MR) is 97.0 cm³/mol. The Hall–Kier alpha value is -1.85. The van der Waals surface area contributed by atoms with Gasteiger partial charge in [-0.1, -0.05) is 30.3 Å². The van der Waals surface area contributed by atoms with Crippen molar-refractivity contribution in [2.75, 3.05) is 7.11 Å². The fraction of sp³-hybridized carbons (Fsp3) is 0.368. The summed E-state index contributed by atoms with van der Waals surface area (Å²) in [6, 6.07) is 13.4. The van der Waals surface area contributed by atoms with Crippen LogP contribution in [0.25, 0.3) is 0 Å². The minimum atomic E-state index is -3.56. The van der Waals surface area contributed by atoms with E-state index in [1.165, 1.54) is 5.56 Å². The second-order valence-corrected chi connectivity index (χ2v) is 7.79. The SMILES string of the molecule is COc1cc(C)c(S(=O)(=O)N[C@@H](C)CCc2ccccc2)c(C)c1. The van der Waals surface area contributed by atoms with Crippen LogP contribution in [0.5, 0.6) is 5.75 Å². The molecule has 0 radical (unpaired) electrons. The fourth-order valence-electron chi connectivity index (χ4n) is 2.86. The largest absolute Gasteiger partial charge is 0.497 e. The Bertz CT molecular complexity index is 763. The normalized spacial score (nSPS) is 12.8. The van der Waals surface area contributed by atoms with Gasteiger partial charge in [-0.15, -0.1) is 0 Å². The molecule has 0 aliphatic rings. The van der Waals surface area contributed by atoms with Gasteiger partial charge in [-0.25, -0.2) is 13.1 Å². The highest BCUT2D eigenvalue weighted by Gasteiger charge is 2.22. The quantitative estimate of drug-likeness (QED) is 0.832. The van der Waals surface area contributed by atoms with Crippen LogP contribution in [0.1, 0.15) is 30.0 Å². The highest BCUT2D eigenvalue weighted by Crippen LogP contribution is 2.25. The van der Waals surface area contributed by atoms with E-state index in [1.54, 1.807) is 33.1 Å². The second kappa shape index (κ2) is 7.81. The molecule has 0 aliphatic carbocycles. The summed E-state index contributed by atoms with van der Waals surface area (Å²) in [7, 11) is -1.98. The smallest absolute Gasteiger partial charge is 0.241 e. The number of hydrogen-bond donors (Lipinski definition) is 1. The summed E-state index contributed by atoms with van der Waals surface area (Å²) in [5.74, 6) is 0.668. The number of ether oxygens (including phenoxy) is 1. The average Bonchev–Trinajstić information content (AvgIpc) is 2.52.